The number of carbonyl (C=O) groups excluding carboxylic acids is 1. The van der Waals surface area contributed by atoms with Gasteiger partial charge >= 0.3 is 0 Å². The number of carbonyl (C=O) groups is 1. The highest BCUT2D eigenvalue weighted by Gasteiger charge is 2.14. The van der Waals surface area contributed by atoms with Gasteiger partial charge in [0.1, 0.15) is 0 Å². The van der Waals surface area contributed by atoms with Gasteiger partial charge in [-0.15, -0.1) is 0 Å². The molecule has 0 saturated carbocycles. The molecule has 1 aromatic carbocycles. The van der Waals surface area contributed by atoms with Gasteiger partial charge in [0, 0.05) is 19.6 Å². The molecular weight excluding hydrogens is 238 g/mol. The predicted octanol–water partition coefficient (Wildman–Crippen LogP) is 2.62. The van der Waals surface area contributed by atoms with Gasteiger partial charge < -0.3 is 10.4 Å². The van der Waals surface area contributed by atoms with E-state index in [0.29, 0.717) is 13.0 Å². The van der Waals surface area contributed by atoms with E-state index in [-0.39, 0.29) is 24.3 Å². The fraction of sp³-hybridized carbons (Fsp3) is 0.562. The van der Waals surface area contributed by atoms with Gasteiger partial charge in [-0.05, 0) is 30.7 Å². The summed E-state index contributed by atoms with van der Waals surface area (Å²) in [5, 5.41) is 11.8. The van der Waals surface area contributed by atoms with E-state index in [1.807, 2.05) is 6.92 Å². The van der Waals surface area contributed by atoms with Gasteiger partial charge in [-0.3, -0.25) is 4.79 Å². The molecule has 2 unspecified atom stereocenters. The average molecular weight is 263 g/mol. The van der Waals surface area contributed by atoms with E-state index in [9.17, 15) is 4.79 Å². The fourth-order valence-corrected chi connectivity index (χ4v) is 1.99. The van der Waals surface area contributed by atoms with Crippen molar-refractivity contribution >= 4 is 5.91 Å². The molecule has 3 heteroatoms. The Balaban J connectivity index is 2.52. The Bertz CT molecular complexity index is 386. The molecule has 1 aromatic rings. The van der Waals surface area contributed by atoms with Crippen LogP contribution in [0.2, 0.25) is 0 Å². The zero-order chi connectivity index (χ0) is 14.3. The number of aliphatic hydroxyl groups excluding tert-OH is 1. The molecule has 0 bridgehead atoms. The summed E-state index contributed by atoms with van der Waals surface area (Å²) in [4.78, 5) is 11.9. The van der Waals surface area contributed by atoms with Crippen molar-refractivity contribution in [2.45, 2.75) is 39.5 Å². The molecule has 1 amide bonds. The lowest BCUT2D eigenvalue weighted by Crippen LogP contribution is -2.30. The molecule has 2 N–H and O–H groups in total. The van der Waals surface area contributed by atoms with Crippen LogP contribution in [0, 0.1) is 12.8 Å². The Labute approximate surface area is 116 Å². The highest BCUT2D eigenvalue weighted by Crippen LogP contribution is 2.23. The highest BCUT2D eigenvalue weighted by molar-refractivity contribution is 5.76. The van der Waals surface area contributed by atoms with Crippen molar-refractivity contribution in [2.75, 3.05) is 13.2 Å². The van der Waals surface area contributed by atoms with Gasteiger partial charge in [-0.2, -0.15) is 0 Å². The first-order valence-electron chi connectivity index (χ1n) is 7.00. The molecular formula is C16H25NO2. The van der Waals surface area contributed by atoms with Crippen LogP contribution in [0.4, 0.5) is 0 Å². The smallest absolute Gasteiger partial charge is 0.220 e. The molecule has 0 aliphatic heterocycles. The Morgan fingerprint density at radius 2 is 1.95 bits per heavy atom. The zero-order valence-electron chi connectivity index (χ0n) is 12.1. The van der Waals surface area contributed by atoms with Crippen molar-refractivity contribution in [3.8, 4) is 0 Å². The van der Waals surface area contributed by atoms with Crippen LogP contribution >= 0.6 is 0 Å². The lowest BCUT2D eigenvalue weighted by molar-refractivity contribution is -0.121. The Morgan fingerprint density at radius 1 is 1.32 bits per heavy atom. The summed E-state index contributed by atoms with van der Waals surface area (Å²) in [6, 6.07) is 8.38. The first kappa shape index (κ1) is 15.7. The van der Waals surface area contributed by atoms with Gasteiger partial charge in [0.25, 0.3) is 0 Å². The predicted molar refractivity (Wildman–Crippen MR) is 78.1 cm³/mol. The van der Waals surface area contributed by atoms with Crippen molar-refractivity contribution in [1.82, 2.24) is 5.32 Å². The molecule has 0 spiro atoms. The minimum Gasteiger partial charge on any atom is -0.396 e. The Morgan fingerprint density at radius 3 is 2.47 bits per heavy atom. The maximum absolute atomic E-state index is 11.9. The van der Waals surface area contributed by atoms with E-state index >= 15 is 0 Å². The van der Waals surface area contributed by atoms with Crippen molar-refractivity contribution in [3.05, 3.63) is 35.4 Å². The molecule has 3 nitrogen and oxygen atoms in total. The van der Waals surface area contributed by atoms with Crippen molar-refractivity contribution in [2.24, 2.45) is 5.92 Å². The summed E-state index contributed by atoms with van der Waals surface area (Å²) in [6.07, 6.45) is 1.46. The molecule has 0 aliphatic carbocycles. The van der Waals surface area contributed by atoms with Gasteiger partial charge in [-0.1, -0.05) is 43.7 Å². The molecule has 0 aromatic heterocycles. The van der Waals surface area contributed by atoms with Gasteiger partial charge in [0.2, 0.25) is 5.91 Å². The monoisotopic (exact) mass is 263 g/mol. The van der Waals surface area contributed by atoms with Gasteiger partial charge in [0.05, 0.1) is 0 Å². The van der Waals surface area contributed by atoms with Crippen LogP contribution < -0.4 is 5.32 Å². The number of hydrogen-bond donors (Lipinski definition) is 2. The maximum Gasteiger partial charge on any atom is 0.220 e. The zero-order valence-corrected chi connectivity index (χ0v) is 12.1. The molecule has 0 fully saturated rings. The minimum absolute atomic E-state index is 0.0627. The van der Waals surface area contributed by atoms with Crippen LogP contribution in [0.5, 0.6) is 0 Å². The third-order valence-electron chi connectivity index (χ3n) is 3.43. The lowest BCUT2D eigenvalue weighted by Gasteiger charge is -2.16. The molecule has 19 heavy (non-hydrogen) atoms. The summed E-state index contributed by atoms with van der Waals surface area (Å²) in [5.41, 5.74) is 2.46. The summed E-state index contributed by atoms with van der Waals surface area (Å²) in [6.45, 7) is 6.73. The quantitative estimate of drug-likeness (QED) is 0.794. The molecule has 106 valence electrons. The SMILES string of the molecule is CCC(CC(=O)NCC(C)CO)c1ccc(C)cc1. The number of amides is 1. The van der Waals surface area contributed by atoms with Crippen LogP contribution in [0.3, 0.4) is 0 Å². The summed E-state index contributed by atoms with van der Waals surface area (Å²) >= 11 is 0. The van der Waals surface area contributed by atoms with E-state index in [0.717, 1.165) is 6.42 Å². The Hall–Kier alpha value is -1.35. The summed E-state index contributed by atoms with van der Waals surface area (Å²) in [5.74, 6) is 0.446. The number of aliphatic hydroxyl groups is 1. The van der Waals surface area contributed by atoms with E-state index in [4.69, 9.17) is 5.11 Å². The van der Waals surface area contributed by atoms with Crippen molar-refractivity contribution < 1.29 is 9.90 Å². The standard InChI is InChI=1S/C16H25NO2/c1-4-14(15-7-5-12(2)6-8-15)9-16(19)17-10-13(3)11-18/h5-8,13-14,18H,4,9-11H2,1-3H3,(H,17,19). The topological polar surface area (TPSA) is 49.3 Å². The largest absolute Gasteiger partial charge is 0.396 e. The first-order valence-corrected chi connectivity index (χ1v) is 7.00. The van der Waals surface area contributed by atoms with Gasteiger partial charge in [0.15, 0.2) is 0 Å². The van der Waals surface area contributed by atoms with Crippen molar-refractivity contribution in [1.29, 1.82) is 0 Å². The molecule has 1 rings (SSSR count). The first-order chi connectivity index (χ1) is 9.06. The van der Waals surface area contributed by atoms with E-state index < -0.39 is 0 Å². The normalized spacial score (nSPS) is 13.9. The third-order valence-corrected chi connectivity index (χ3v) is 3.43. The summed E-state index contributed by atoms with van der Waals surface area (Å²) < 4.78 is 0. The molecule has 0 radical (unpaired) electrons. The Kier molecular flexibility index (Phi) is 6.57. The van der Waals surface area contributed by atoms with Crippen LogP contribution in [-0.2, 0) is 4.79 Å². The van der Waals surface area contributed by atoms with E-state index in [1.54, 1.807) is 0 Å². The lowest BCUT2D eigenvalue weighted by atomic mass is 9.92. The molecule has 0 heterocycles. The van der Waals surface area contributed by atoms with E-state index in [2.05, 4.69) is 43.4 Å². The van der Waals surface area contributed by atoms with E-state index in [1.165, 1.54) is 11.1 Å². The maximum atomic E-state index is 11.9. The summed E-state index contributed by atoms with van der Waals surface area (Å²) in [7, 11) is 0. The molecule has 0 aliphatic rings. The number of hydrogen-bond acceptors (Lipinski definition) is 2. The van der Waals surface area contributed by atoms with Crippen molar-refractivity contribution in [3.63, 3.8) is 0 Å². The number of nitrogens with one attached hydrogen (secondary N) is 1. The highest BCUT2D eigenvalue weighted by atomic mass is 16.3. The van der Waals surface area contributed by atoms with Crippen LogP contribution in [-0.4, -0.2) is 24.2 Å². The minimum atomic E-state index is 0.0627. The second-order valence-electron chi connectivity index (χ2n) is 5.31. The molecule has 2 atom stereocenters. The van der Waals surface area contributed by atoms with Crippen LogP contribution in [0.25, 0.3) is 0 Å². The third kappa shape index (κ3) is 5.43. The second-order valence-corrected chi connectivity index (χ2v) is 5.31. The van der Waals surface area contributed by atoms with Gasteiger partial charge in [-0.25, -0.2) is 0 Å². The van der Waals surface area contributed by atoms with Crippen LogP contribution in [0.15, 0.2) is 24.3 Å². The number of aryl methyl sites for hydroxylation is 1. The average Bonchev–Trinajstić information content (AvgIpc) is 2.43. The number of rotatable bonds is 7. The molecule has 0 saturated heterocycles. The second kappa shape index (κ2) is 7.95. The fourth-order valence-electron chi connectivity index (χ4n) is 1.99. The van der Waals surface area contributed by atoms with Crippen LogP contribution in [0.1, 0.15) is 43.7 Å². The number of benzene rings is 1.